The van der Waals surface area contributed by atoms with E-state index in [-0.39, 0.29) is 0 Å². The summed E-state index contributed by atoms with van der Waals surface area (Å²) in [5.74, 6) is 1.87. The molecule has 0 aromatic rings. The molecular weight excluding hydrogens is 260 g/mol. The number of rotatable bonds is 5. The largest absolute Gasteiger partial charge is 0.378 e. The second-order valence-electron chi connectivity index (χ2n) is 7.72. The van der Waals surface area contributed by atoms with Crippen LogP contribution in [0.25, 0.3) is 0 Å². The lowest BCUT2D eigenvalue weighted by molar-refractivity contribution is 0.0748. The fourth-order valence-corrected chi connectivity index (χ4v) is 4.31. The van der Waals surface area contributed by atoms with E-state index in [0.717, 1.165) is 18.4 Å². The fraction of sp³-hybridized carbons (Fsp3) is 1.00. The first-order chi connectivity index (χ1) is 10.3. The zero-order chi connectivity index (χ0) is 14.5. The second kappa shape index (κ2) is 7.94. The van der Waals surface area contributed by atoms with Crippen LogP contribution in [0.4, 0.5) is 0 Å². The molecule has 0 saturated carbocycles. The van der Waals surface area contributed by atoms with Gasteiger partial charge in [-0.25, -0.2) is 0 Å². The predicted octanol–water partition coefficient (Wildman–Crippen LogP) is 3.00. The Kier molecular flexibility index (Phi) is 5.96. The molecule has 3 fully saturated rings. The summed E-state index contributed by atoms with van der Waals surface area (Å²) in [5.41, 5.74) is 0. The highest BCUT2D eigenvalue weighted by atomic mass is 16.5. The van der Waals surface area contributed by atoms with Crippen molar-refractivity contribution in [3.05, 3.63) is 0 Å². The highest BCUT2D eigenvalue weighted by Crippen LogP contribution is 2.23. The van der Waals surface area contributed by atoms with E-state index in [1.807, 2.05) is 0 Å². The topological polar surface area (TPSA) is 15.7 Å². The Bertz CT molecular complexity index is 296. The number of ether oxygens (including phenoxy) is 1. The monoisotopic (exact) mass is 294 g/mol. The molecule has 0 bridgehead atoms. The number of nitrogens with zero attached hydrogens (tertiary/aromatic N) is 2. The van der Waals surface area contributed by atoms with Gasteiger partial charge in [0, 0.05) is 26.2 Å². The molecule has 3 heterocycles. The van der Waals surface area contributed by atoms with Crippen molar-refractivity contribution in [3.8, 4) is 0 Å². The van der Waals surface area contributed by atoms with Gasteiger partial charge >= 0.3 is 0 Å². The first-order valence-electron chi connectivity index (χ1n) is 9.36. The van der Waals surface area contributed by atoms with Gasteiger partial charge in [-0.15, -0.1) is 0 Å². The van der Waals surface area contributed by atoms with Crippen molar-refractivity contribution in [2.75, 3.05) is 45.9 Å². The molecular formula is C18H34N2O. The Balaban J connectivity index is 1.36. The maximum absolute atomic E-state index is 5.77. The van der Waals surface area contributed by atoms with Crippen LogP contribution in [0.1, 0.15) is 51.9 Å². The van der Waals surface area contributed by atoms with Crippen LogP contribution in [-0.4, -0.2) is 61.8 Å². The predicted molar refractivity (Wildman–Crippen MR) is 87.6 cm³/mol. The number of hydrogen-bond acceptors (Lipinski definition) is 3. The molecule has 0 N–H and O–H groups in total. The highest BCUT2D eigenvalue weighted by molar-refractivity contribution is 4.79. The quantitative estimate of drug-likeness (QED) is 0.775. The van der Waals surface area contributed by atoms with E-state index in [1.165, 1.54) is 84.2 Å². The molecule has 3 aliphatic heterocycles. The van der Waals surface area contributed by atoms with Gasteiger partial charge in [0.25, 0.3) is 0 Å². The third-order valence-corrected chi connectivity index (χ3v) is 5.79. The molecule has 3 rings (SSSR count). The Morgan fingerprint density at radius 3 is 2.57 bits per heavy atom. The van der Waals surface area contributed by atoms with Gasteiger partial charge in [0.05, 0.1) is 6.10 Å². The lowest BCUT2D eigenvalue weighted by atomic mass is 9.94. The van der Waals surface area contributed by atoms with Crippen LogP contribution in [-0.2, 0) is 4.74 Å². The van der Waals surface area contributed by atoms with Crippen LogP contribution in [0.5, 0.6) is 0 Å². The zero-order valence-electron chi connectivity index (χ0n) is 13.9. The van der Waals surface area contributed by atoms with E-state index in [9.17, 15) is 0 Å². The summed E-state index contributed by atoms with van der Waals surface area (Å²) in [7, 11) is 0. The summed E-state index contributed by atoms with van der Waals surface area (Å²) in [5, 5.41) is 0. The van der Waals surface area contributed by atoms with Crippen molar-refractivity contribution in [2.45, 2.75) is 58.0 Å². The summed E-state index contributed by atoms with van der Waals surface area (Å²) in [4.78, 5) is 5.44. The van der Waals surface area contributed by atoms with Crippen LogP contribution < -0.4 is 0 Å². The second-order valence-corrected chi connectivity index (χ2v) is 7.72. The Hall–Kier alpha value is -0.120. The maximum atomic E-state index is 5.77. The van der Waals surface area contributed by atoms with E-state index < -0.39 is 0 Å². The van der Waals surface area contributed by atoms with E-state index in [4.69, 9.17) is 4.74 Å². The molecule has 0 unspecified atom stereocenters. The number of hydrogen-bond donors (Lipinski definition) is 0. The summed E-state index contributed by atoms with van der Waals surface area (Å²) in [6.45, 7) is 11.4. The van der Waals surface area contributed by atoms with Crippen molar-refractivity contribution in [3.63, 3.8) is 0 Å². The van der Waals surface area contributed by atoms with Crippen molar-refractivity contribution < 1.29 is 4.74 Å². The van der Waals surface area contributed by atoms with Gasteiger partial charge in [-0.05, 0) is 76.4 Å². The minimum Gasteiger partial charge on any atom is -0.378 e. The van der Waals surface area contributed by atoms with E-state index in [0.29, 0.717) is 6.10 Å². The lowest BCUT2D eigenvalue weighted by Crippen LogP contribution is -2.43. The number of likely N-dealkylation sites (tertiary alicyclic amines) is 2. The number of piperidine rings is 2. The SMILES string of the molecule is CC1CCN(C[C@H]2CCCN(CC[C@@H]3CCCO3)C2)CC1. The van der Waals surface area contributed by atoms with Crippen LogP contribution in [0, 0.1) is 11.8 Å². The molecule has 3 aliphatic rings. The van der Waals surface area contributed by atoms with Crippen molar-refractivity contribution in [1.29, 1.82) is 0 Å². The van der Waals surface area contributed by atoms with Gasteiger partial charge in [-0.3, -0.25) is 0 Å². The molecule has 2 atom stereocenters. The first kappa shape index (κ1) is 15.8. The van der Waals surface area contributed by atoms with Crippen molar-refractivity contribution in [2.24, 2.45) is 11.8 Å². The molecule has 0 aliphatic carbocycles. The van der Waals surface area contributed by atoms with E-state index in [2.05, 4.69) is 16.7 Å². The van der Waals surface area contributed by atoms with Gasteiger partial charge in [0.2, 0.25) is 0 Å². The minimum absolute atomic E-state index is 0.564. The molecule has 0 spiro atoms. The third kappa shape index (κ3) is 4.94. The normalized spacial score (nSPS) is 33.6. The molecule has 3 saturated heterocycles. The Morgan fingerprint density at radius 1 is 0.952 bits per heavy atom. The fourth-order valence-electron chi connectivity index (χ4n) is 4.31. The van der Waals surface area contributed by atoms with Crippen LogP contribution in [0.15, 0.2) is 0 Å². The molecule has 21 heavy (non-hydrogen) atoms. The Morgan fingerprint density at radius 2 is 1.81 bits per heavy atom. The third-order valence-electron chi connectivity index (χ3n) is 5.79. The maximum Gasteiger partial charge on any atom is 0.0588 e. The average Bonchev–Trinajstić information content (AvgIpc) is 3.01. The molecule has 3 heteroatoms. The smallest absolute Gasteiger partial charge is 0.0588 e. The van der Waals surface area contributed by atoms with E-state index >= 15 is 0 Å². The van der Waals surface area contributed by atoms with Crippen LogP contribution in [0.2, 0.25) is 0 Å². The van der Waals surface area contributed by atoms with Gasteiger partial charge in [-0.1, -0.05) is 6.92 Å². The van der Waals surface area contributed by atoms with Gasteiger partial charge in [-0.2, -0.15) is 0 Å². The standard InChI is InChI=1S/C18H34N2O/c1-16-6-10-20(11-7-16)15-17-4-2-9-19(14-17)12-8-18-5-3-13-21-18/h16-18H,2-15H2,1H3/t17-,18-/m0/s1. The molecule has 0 aromatic heterocycles. The van der Waals surface area contributed by atoms with Gasteiger partial charge in [0.15, 0.2) is 0 Å². The van der Waals surface area contributed by atoms with Crippen molar-refractivity contribution >= 4 is 0 Å². The molecule has 122 valence electrons. The lowest BCUT2D eigenvalue weighted by Gasteiger charge is -2.38. The van der Waals surface area contributed by atoms with Crippen molar-refractivity contribution in [1.82, 2.24) is 9.80 Å². The summed E-state index contributed by atoms with van der Waals surface area (Å²) >= 11 is 0. The summed E-state index contributed by atoms with van der Waals surface area (Å²) in [6, 6.07) is 0. The van der Waals surface area contributed by atoms with Crippen LogP contribution in [0.3, 0.4) is 0 Å². The molecule has 0 amide bonds. The Labute approximate surface area is 131 Å². The average molecular weight is 294 g/mol. The minimum atomic E-state index is 0.564. The molecule has 0 radical (unpaired) electrons. The summed E-state index contributed by atoms with van der Waals surface area (Å²) < 4.78 is 5.77. The molecule has 0 aromatic carbocycles. The van der Waals surface area contributed by atoms with Gasteiger partial charge < -0.3 is 14.5 Å². The van der Waals surface area contributed by atoms with Crippen LogP contribution >= 0.6 is 0 Å². The van der Waals surface area contributed by atoms with Gasteiger partial charge in [0.1, 0.15) is 0 Å². The summed E-state index contributed by atoms with van der Waals surface area (Å²) in [6.07, 6.45) is 10.1. The highest BCUT2D eigenvalue weighted by Gasteiger charge is 2.25. The van der Waals surface area contributed by atoms with E-state index in [1.54, 1.807) is 0 Å². The molecule has 3 nitrogen and oxygen atoms in total. The first-order valence-corrected chi connectivity index (χ1v) is 9.36. The zero-order valence-corrected chi connectivity index (χ0v) is 13.9.